The van der Waals surface area contributed by atoms with Gasteiger partial charge in [0.2, 0.25) is 0 Å². The molecule has 13 heavy (non-hydrogen) atoms. The van der Waals surface area contributed by atoms with Gasteiger partial charge in [-0.25, -0.2) is 4.39 Å². The average Bonchev–Trinajstić information content (AvgIpc) is 2.53. The standard InChI is InChI=1S/C10H10BrFO/c11-8-5-10(13-6-8)7-1-3-9(12)4-2-7/h1-4,8,10H,5-6H2. The Morgan fingerprint density at radius 2 is 2.00 bits per heavy atom. The highest BCUT2D eigenvalue weighted by atomic mass is 79.9. The van der Waals surface area contributed by atoms with Crippen LogP contribution in [0.3, 0.4) is 0 Å². The monoisotopic (exact) mass is 244 g/mol. The van der Waals surface area contributed by atoms with E-state index >= 15 is 0 Å². The molecular weight excluding hydrogens is 235 g/mol. The van der Waals surface area contributed by atoms with Gasteiger partial charge in [0.1, 0.15) is 5.82 Å². The predicted octanol–water partition coefficient (Wildman–Crippen LogP) is 3.05. The zero-order valence-electron chi connectivity index (χ0n) is 7.04. The summed E-state index contributed by atoms with van der Waals surface area (Å²) in [5.74, 6) is -0.197. The molecule has 1 nitrogen and oxygen atoms in total. The average molecular weight is 245 g/mol. The van der Waals surface area contributed by atoms with Crippen molar-refractivity contribution < 1.29 is 9.13 Å². The summed E-state index contributed by atoms with van der Waals surface area (Å²) < 4.78 is 18.1. The third-order valence-electron chi connectivity index (χ3n) is 2.19. The van der Waals surface area contributed by atoms with Gasteiger partial charge in [0, 0.05) is 4.83 Å². The summed E-state index contributed by atoms with van der Waals surface area (Å²) in [5, 5.41) is 0. The molecule has 1 aromatic carbocycles. The fraction of sp³-hybridized carbons (Fsp3) is 0.400. The molecule has 0 aromatic heterocycles. The van der Waals surface area contributed by atoms with Gasteiger partial charge in [-0.15, -0.1) is 0 Å². The second-order valence-electron chi connectivity index (χ2n) is 3.21. The van der Waals surface area contributed by atoms with Gasteiger partial charge in [-0.2, -0.15) is 0 Å². The van der Waals surface area contributed by atoms with Gasteiger partial charge < -0.3 is 4.74 Å². The van der Waals surface area contributed by atoms with E-state index in [-0.39, 0.29) is 11.9 Å². The Labute approximate surface area is 85.0 Å². The zero-order valence-corrected chi connectivity index (χ0v) is 8.63. The van der Waals surface area contributed by atoms with Crippen molar-refractivity contribution in [2.45, 2.75) is 17.4 Å². The first-order valence-electron chi connectivity index (χ1n) is 4.27. The van der Waals surface area contributed by atoms with Gasteiger partial charge >= 0.3 is 0 Å². The first-order chi connectivity index (χ1) is 6.25. The summed E-state index contributed by atoms with van der Waals surface area (Å²) in [6.07, 6.45) is 1.09. The van der Waals surface area contributed by atoms with Gasteiger partial charge in [0.05, 0.1) is 12.7 Å². The van der Waals surface area contributed by atoms with Crippen molar-refractivity contribution in [3.63, 3.8) is 0 Å². The summed E-state index contributed by atoms with van der Waals surface area (Å²) in [6.45, 7) is 0.738. The number of hydrogen-bond acceptors (Lipinski definition) is 1. The highest BCUT2D eigenvalue weighted by Crippen LogP contribution is 2.32. The SMILES string of the molecule is Fc1ccc(C2CC(Br)CO2)cc1. The second kappa shape index (κ2) is 3.76. The molecule has 1 aliphatic rings. The lowest BCUT2D eigenvalue weighted by Crippen LogP contribution is -1.95. The van der Waals surface area contributed by atoms with Crippen LogP contribution in [-0.2, 0) is 4.74 Å². The topological polar surface area (TPSA) is 9.23 Å². The Morgan fingerprint density at radius 1 is 1.31 bits per heavy atom. The lowest BCUT2D eigenvalue weighted by Gasteiger charge is -2.08. The number of halogens is 2. The highest BCUT2D eigenvalue weighted by Gasteiger charge is 2.24. The summed E-state index contributed by atoms with van der Waals surface area (Å²) in [5.41, 5.74) is 1.06. The first kappa shape index (κ1) is 9.16. The molecule has 0 saturated carbocycles. The maximum Gasteiger partial charge on any atom is 0.123 e. The van der Waals surface area contributed by atoms with Gasteiger partial charge in [-0.1, -0.05) is 28.1 Å². The summed E-state index contributed by atoms with van der Waals surface area (Å²) >= 11 is 3.49. The van der Waals surface area contributed by atoms with E-state index in [0.717, 1.165) is 18.6 Å². The second-order valence-corrected chi connectivity index (χ2v) is 4.50. The van der Waals surface area contributed by atoms with Crippen LogP contribution in [0.1, 0.15) is 18.1 Å². The van der Waals surface area contributed by atoms with Crippen LogP contribution in [0.4, 0.5) is 4.39 Å². The van der Waals surface area contributed by atoms with Crippen LogP contribution < -0.4 is 0 Å². The van der Waals surface area contributed by atoms with Crippen LogP contribution in [-0.4, -0.2) is 11.4 Å². The molecule has 0 N–H and O–H groups in total. The van der Waals surface area contributed by atoms with Crippen LogP contribution in [0.25, 0.3) is 0 Å². The molecular formula is C10H10BrFO. The van der Waals surface area contributed by atoms with Gasteiger partial charge in [-0.05, 0) is 24.1 Å². The van der Waals surface area contributed by atoms with Crippen molar-refractivity contribution in [1.29, 1.82) is 0 Å². The molecule has 2 atom stereocenters. The van der Waals surface area contributed by atoms with Crippen molar-refractivity contribution in [3.05, 3.63) is 35.6 Å². The smallest absolute Gasteiger partial charge is 0.123 e. The fourth-order valence-electron chi connectivity index (χ4n) is 1.50. The van der Waals surface area contributed by atoms with Crippen molar-refractivity contribution in [3.8, 4) is 0 Å². The van der Waals surface area contributed by atoms with E-state index in [2.05, 4.69) is 15.9 Å². The van der Waals surface area contributed by atoms with E-state index in [1.165, 1.54) is 12.1 Å². The lowest BCUT2D eigenvalue weighted by atomic mass is 10.1. The third kappa shape index (κ3) is 2.09. The third-order valence-corrected chi connectivity index (χ3v) is 2.83. The summed E-state index contributed by atoms with van der Waals surface area (Å²) in [4.78, 5) is 0.433. The largest absolute Gasteiger partial charge is 0.372 e. The summed E-state index contributed by atoms with van der Waals surface area (Å²) in [7, 11) is 0. The molecule has 2 unspecified atom stereocenters. The molecule has 0 bridgehead atoms. The molecule has 0 spiro atoms. The zero-order chi connectivity index (χ0) is 9.26. The minimum atomic E-state index is -0.197. The van der Waals surface area contributed by atoms with Crippen LogP contribution >= 0.6 is 15.9 Å². The molecule has 2 rings (SSSR count). The lowest BCUT2D eigenvalue weighted by molar-refractivity contribution is 0.112. The van der Waals surface area contributed by atoms with E-state index in [4.69, 9.17) is 4.74 Å². The Bertz CT molecular complexity index is 285. The number of ether oxygens (including phenoxy) is 1. The molecule has 1 fully saturated rings. The molecule has 1 aromatic rings. The molecule has 0 radical (unpaired) electrons. The van der Waals surface area contributed by atoms with Crippen molar-refractivity contribution >= 4 is 15.9 Å². The maximum absolute atomic E-state index is 12.6. The van der Waals surface area contributed by atoms with E-state index < -0.39 is 0 Å². The highest BCUT2D eigenvalue weighted by molar-refractivity contribution is 9.09. The quantitative estimate of drug-likeness (QED) is 0.691. The normalized spacial score (nSPS) is 27.8. The molecule has 3 heteroatoms. The maximum atomic E-state index is 12.6. The van der Waals surface area contributed by atoms with Crippen molar-refractivity contribution in [2.75, 3.05) is 6.61 Å². The molecule has 70 valence electrons. The van der Waals surface area contributed by atoms with Crippen molar-refractivity contribution in [2.24, 2.45) is 0 Å². The van der Waals surface area contributed by atoms with Crippen LogP contribution in [0.5, 0.6) is 0 Å². The van der Waals surface area contributed by atoms with Gasteiger partial charge in [0.15, 0.2) is 0 Å². The molecule has 1 saturated heterocycles. The first-order valence-corrected chi connectivity index (χ1v) is 5.18. The Kier molecular flexibility index (Phi) is 2.65. The van der Waals surface area contributed by atoms with Crippen LogP contribution in [0.15, 0.2) is 24.3 Å². The van der Waals surface area contributed by atoms with Crippen molar-refractivity contribution in [1.82, 2.24) is 0 Å². The number of rotatable bonds is 1. The fourth-order valence-corrected chi connectivity index (χ4v) is 1.99. The van der Waals surface area contributed by atoms with E-state index in [1.807, 2.05) is 0 Å². The van der Waals surface area contributed by atoms with E-state index in [9.17, 15) is 4.39 Å². The Balaban J connectivity index is 2.13. The Hall–Kier alpha value is -0.410. The molecule has 0 aliphatic carbocycles. The van der Waals surface area contributed by atoms with E-state index in [1.54, 1.807) is 12.1 Å². The van der Waals surface area contributed by atoms with Gasteiger partial charge in [0.25, 0.3) is 0 Å². The van der Waals surface area contributed by atoms with Crippen LogP contribution in [0.2, 0.25) is 0 Å². The van der Waals surface area contributed by atoms with E-state index in [0.29, 0.717) is 4.83 Å². The molecule has 1 heterocycles. The summed E-state index contributed by atoms with van der Waals surface area (Å²) in [6, 6.07) is 6.51. The van der Waals surface area contributed by atoms with Crippen LogP contribution in [0, 0.1) is 5.82 Å². The minimum Gasteiger partial charge on any atom is -0.372 e. The number of alkyl halides is 1. The molecule has 0 amide bonds. The minimum absolute atomic E-state index is 0.130. The van der Waals surface area contributed by atoms with Gasteiger partial charge in [-0.3, -0.25) is 0 Å². The number of benzene rings is 1. The predicted molar refractivity (Wildman–Crippen MR) is 52.4 cm³/mol. The number of hydrogen-bond donors (Lipinski definition) is 0. The Morgan fingerprint density at radius 3 is 2.54 bits per heavy atom. The molecule has 1 aliphatic heterocycles.